The minimum absolute atomic E-state index is 0.129. The zero-order chi connectivity index (χ0) is 7.56. The van der Waals surface area contributed by atoms with Crippen LogP contribution in [0.1, 0.15) is 6.42 Å². The summed E-state index contributed by atoms with van der Waals surface area (Å²) < 4.78 is 0. The van der Waals surface area contributed by atoms with Crippen LogP contribution < -0.4 is 0 Å². The second kappa shape index (κ2) is 3.01. The average Bonchev–Trinajstić information content (AvgIpc) is 2.34. The molecule has 3 nitrogen and oxygen atoms in total. The number of nitrogens with zero attached hydrogens (tertiary/aromatic N) is 1. The highest BCUT2D eigenvalue weighted by molar-refractivity contribution is 5.80. The van der Waals surface area contributed by atoms with Crippen LogP contribution in [-0.4, -0.2) is 35.6 Å². The lowest BCUT2D eigenvalue weighted by atomic mass is 10.1. The highest BCUT2D eigenvalue weighted by Gasteiger charge is 2.22. The molecule has 1 rings (SSSR count). The summed E-state index contributed by atoms with van der Waals surface area (Å²) in [5.74, 6) is 0.154. The molecule has 1 fully saturated rings. The van der Waals surface area contributed by atoms with Crippen LogP contribution in [0.3, 0.4) is 0 Å². The Morgan fingerprint density at radius 1 is 1.80 bits per heavy atom. The van der Waals surface area contributed by atoms with Gasteiger partial charge in [0.05, 0.1) is 0 Å². The normalized spacial score (nSPS) is 25.4. The fourth-order valence-electron chi connectivity index (χ4n) is 1.21. The highest BCUT2D eigenvalue weighted by Crippen LogP contribution is 2.14. The summed E-state index contributed by atoms with van der Waals surface area (Å²) in [6.07, 6.45) is 0.914. The molecule has 0 spiro atoms. The number of likely N-dealkylation sites (tertiary alicyclic amines) is 1. The van der Waals surface area contributed by atoms with E-state index in [2.05, 4.69) is 6.92 Å². The molecule has 1 saturated heterocycles. The first-order valence-corrected chi connectivity index (χ1v) is 3.45. The molecule has 57 valence electrons. The van der Waals surface area contributed by atoms with Crippen LogP contribution in [0.5, 0.6) is 0 Å². The number of carbonyl (C=O) groups excluding carboxylic acids is 1. The molecular formula is C7H12NO2. The lowest BCUT2D eigenvalue weighted by molar-refractivity contribution is -0.125. The number of rotatable bonds is 1. The van der Waals surface area contributed by atoms with Crippen molar-refractivity contribution in [1.82, 2.24) is 4.90 Å². The molecule has 10 heavy (non-hydrogen) atoms. The minimum atomic E-state index is -0.129. The Bertz CT molecular complexity index is 136. The molecule has 1 N–H and O–H groups in total. The summed E-state index contributed by atoms with van der Waals surface area (Å²) >= 11 is 0. The molecule has 0 aromatic carbocycles. The van der Waals surface area contributed by atoms with Crippen LogP contribution in [0, 0.1) is 12.8 Å². The van der Waals surface area contributed by atoms with Crippen molar-refractivity contribution in [2.75, 3.05) is 19.7 Å². The topological polar surface area (TPSA) is 40.5 Å². The SMILES string of the molecule is [CH2]C(=O)N1CCC(CO)C1. The molecular weight excluding hydrogens is 130 g/mol. The first-order valence-electron chi connectivity index (χ1n) is 3.45. The number of aliphatic hydroxyl groups excluding tert-OH is 1. The molecule has 0 bridgehead atoms. The Labute approximate surface area is 60.6 Å². The van der Waals surface area contributed by atoms with Gasteiger partial charge in [0, 0.05) is 32.5 Å². The van der Waals surface area contributed by atoms with E-state index in [9.17, 15) is 4.79 Å². The van der Waals surface area contributed by atoms with Crippen LogP contribution in [0.4, 0.5) is 0 Å². The number of aliphatic hydroxyl groups is 1. The largest absolute Gasteiger partial charge is 0.396 e. The van der Waals surface area contributed by atoms with Gasteiger partial charge in [-0.15, -0.1) is 0 Å². The minimum Gasteiger partial charge on any atom is -0.396 e. The van der Waals surface area contributed by atoms with Crippen molar-refractivity contribution in [2.24, 2.45) is 5.92 Å². The summed E-state index contributed by atoms with van der Waals surface area (Å²) in [4.78, 5) is 12.3. The number of amides is 1. The van der Waals surface area contributed by atoms with Crippen molar-refractivity contribution in [3.63, 3.8) is 0 Å². The monoisotopic (exact) mass is 142 g/mol. The second-order valence-corrected chi connectivity index (χ2v) is 2.68. The molecule has 0 saturated carbocycles. The second-order valence-electron chi connectivity index (χ2n) is 2.68. The molecule has 0 aromatic rings. The molecule has 1 atom stereocenters. The molecule has 0 aliphatic carbocycles. The molecule has 3 heteroatoms. The van der Waals surface area contributed by atoms with E-state index in [1.54, 1.807) is 4.90 Å². The highest BCUT2D eigenvalue weighted by atomic mass is 16.3. The first-order chi connectivity index (χ1) is 4.74. The van der Waals surface area contributed by atoms with Gasteiger partial charge >= 0.3 is 0 Å². The Morgan fingerprint density at radius 3 is 2.80 bits per heavy atom. The average molecular weight is 142 g/mol. The summed E-state index contributed by atoms with van der Waals surface area (Å²) in [6.45, 7) is 4.92. The zero-order valence-corrected chi connectivity index (χ0v) is 5.92. The molecule has 1 aliphatic rings. The van der Waals surface area contributed by atoms with Crippen molar-refractivity contribution in [1.29, 1.82) is 0 Å². The summed E-state index contributed by atoms with van der Waals surface area (Å²) in [5.41, 5.74) is 0. The van der Waals surface area contributed by atoms with E-state index in [1.807, 2.05) is 0 Å². The zero-order valence-electron chi connectivity index (χ0n) is 5.92. The van der Waals surface area contributed by atoms with Gasteiger partial charge in [0.2, 0.25) is 5.91 Å². The Morgan fingerprint density at radius 2 is 2.50 bits per heavy atom. The molecule has 1 heterocycles. The molecule has 1 unspecified atom stereocenters. The van der Waals surface area contributed by atoms with E-state index in [1.165, 1.54) is 0 Å². The lowest BCUT2D eigenvalue weighted by Crippen LogP contribution is -2.26. The van der Waals surface area contributed by atoms with Crippen molar-refractivity contribution >= 4 is 5.91 Å². The van der Waals surface area contributed by atoms with E-state index >= 15 is 0 Å². The molecule has 1 radical (unpaired) electrons. The summed E-state index contributed by atoms with van der Waals surface area (Å²) in [6, 6.07) is 0. The summed E-state index contributed by atoms with van der Waals surface area (Å²) in [7, 11) is 0. The first kappa shape index (κ1) is 7.54. The standard InChI is InChI=1S/C7H12NO2/c1-6(10)8-3-2-7(4-8)5-9/h7,9H,1-5H2. The Hall–Kier alpha value is -0.570. The maximum atomic E-state index is 10.6. The number of hydrogen-bond acceptors (Lipinski definition) is 2. The number of hydrogen-bond donors (Lipinski definition) is 1. The van der Waals surface area contributed by atoms with Gasteiger partial charge in [-0.3, -0.25) is 4.79 Å². The van der Waals surface area contributed by atoms with Gasteiger partial charge in [0.15, 0.2) is 0 Å². The predicted molar refractivity (Wildman–Crippen MR) is 37.1 cm³/mol. The molecule has 1 amide bonds. The van der Waals surface area contributed by atoms with Crippen molar-refractivity contribution in [2.45, 2.75) is 6.42 Å². The van der Waals surface area contributed by atoms with Crippen LogP contribution >= 0.6 is 0 Å². The third-order valence-corrected chi connectivity index (χ3v) is 1.90. The van der Waals surface area contributed by atoms with Gasteiger partial charge in [0.25, 0.3) is 0 Å². The van der Waals surface area contributed by atoms with E-state index in [0.717, 1.165) is 13.0 Å². The van der Waals surface area contributed by atoms with E-state index in [-0.39, 0.29) is 18.4 Å². The third-order valence-electron chi connectivity index (χ3n) is 1.90. The number of carbonyl (C=O) groups is 1. The van der Waals surface area contributed by atoms with Crippen LogP contribution in [0.15, 0.2) is 0 Å². The molecule has 0 aromatic heterocycles. The van der Waals surface area contributed by atoms with Gasteiger partial charge in [-0.2, -0.15) is 0 Å². The third kappa shape index (κ3) is 1.48. The van der Waals surface area contributed by atoms with E-state index in [0.29, 0.717) is 6.54 Å². The fraction of sp³-hybridized carbons (Fsp3) is 0.714. The fourth-order valence-corrected chi connectivity index (χ4v) is 1.21. The quantitative estimate of drug-likeness (QED) is 0.544. The van der Waals surface area contributed by atoms with Crippen molar-refractivity contribution in [3.8, 4) is 0 Å². The van der Waals surface area contributed by atoms with Crippen LogP contribution in [0.2, 0.25) is 0 Å². The van der Waals surface area contributed by atoms with Gasteiger partial charge in [-0.1, -0.05) is 0 Å². The van der Waals surface area contributed by atoms with E-state index in [4.69, 9.17) is 5.11 Å². The van der Waals surface area contributed by atoms with Crippen LogP contribution in [-0.2, 0) is 4.79 Å². The predicted octanol–water partition coefficient (Wildman–Crippen LogP) is -0.339. The van der Waals surface area contributed by atoms with Gasteiger partial charge in [0.1, 0.15) is 0 Å². The smallest absolute Gasteiger partial charge is 0.223 e. The Kier molecular flexibility index (Phi) is 2.27. The van der Waals surface area contributed by atoms with Crippen molar-refractivity contribution < 1.29 is 9.90 Å². The van der Waals surface area contributed by atoms with E-state index < -0.39 is 0 Å². The maximum Gasteiger partial charge on any atom is 0.223 e. The van der Waals surface area contributed by atoms with Gasteiger partial charge in [-0.05, 0) is 6.42 Å². The maximum absolute atomic E-state index is 10.6. The van der Waals surface area contributed by atoms with Crippen LogP contribution in [0.25, 0.3) is 0 Å². The lowest BCUT2D eigenvalue weighted by Gasteiger charge is -2.11. The van der Waals surface area contributed by atoms with Crippen molar-refractivity contribution in [3.05, 3.63) is 6.92 Å². The van der Waals surface area contributed by atoms with Gasteiger partial charge < -0.3 is 10.0 Å². The van der Waals surface area contributed by atoms with Gasteiger partial charge in [-0.25, -0.2) is 0 Å². The summed E-state index contributed by atoms with van der Waals surface area (Å²) in [5, 5.41) is 8.71. The molecule has 1 aliphatic heterocycles. The Balaban J connectivity index is 2.35.